The van der Waals surface area contributed by atoms with E-state index in [-0.39, 0.29) is 12.4 Å². The Kier molecular flexibility index (Phi) is 8.29. The van der Waals surface area contributed by atoms with Crippen LogP contribution in [-0.4, -0.2) is 42.7 Å². The number of carbonyl (C=O) groups is 1. The van der Waals surface area contributed by atoms with Crippen molar-refractivity contribution in [3.05, 3.63) is 29.3 Å². The summed E-state index contributed by atoms with van der Waals surface area (Å²) >= 11 is 1.78. The van der Waals surface area contributed by atoms with Gasteiger partial charge in [0.2, 0.25) is 5.91 Å². The molecule has 0 saturated carbocycles. The number of amides is 1. The molecule has 0 spiro atoms. The second kappa shape index (κ2) is 9.43. The van der Waals surface area contributed by atoms with Gasteiger partial charge in [0.25, 0.3) is 0 Å². The molecule has 1 amide bonds. The maximum absolute atomic E-state index is 12.2. The molecule has 1 saturated heterocycles. The number of nitrogens with zero attached hydrogens (tertiary/aromatic N) is 1. The fraction of sp³-hybridized carbons (Fsp3) is 0.588. The van der Waals surface area contributed by atoms with Crippen LogP contribution in [0.15, 0.2) is 23.1 Å². The third-order valence-corrected chi connectivity index (χ3v) is 5.31. The minimum atomic E-state index is 0. The van der Waals surface area contributed by atoms with Gasteiger partial charge in [-0.25, -0.2) is 0 Å². The van der Waals surface area contributed by atoms with Gasteiger partial charge in [-0.05, 0) is 57.0 Å². The summed E-state index contributed by atoms with van der Waals surface area (Å²) in [7, 11) is 2.00. The number of benzene rings is 1. The van der Waals surface area contributed by atoms with E-state index in [0.29, 0.717) is 18.4 Å². The minimum Gasteiger partial charge on any atom is -0.343 e. The summed E-state index contributed by atoms with van der Waals surface area (Å²) in [6.45, 7) is 6.07. The lowest BCUT2D eigenvalue weighted by molar-refractivity contribution is -0.131. The number of carbonyl (C=O) groups excluding carboxylic acids is 1. The zero-order valence-electron chi connectivity index (χ0n) is 13.7. The predicted molar refractivity (Wildman–Crippen MR) is 97.2 cm³/mol. The van der Waals surface area contributed by atoms with Crippen molar-refractivity contribution in [1.29, 1.82) is 0 Å². The van der Waals surface area contributed by atoms with Gasteiger partial charge in [-0.1, -0.05) is 6.07 Å². The second-order valence-corrected chi connectivity index (χ2v) is 6.96. The summed E-state index contributed by atoms with van der Waals surface area (Å²) in [5, 5.41) is 3.30. The van der Waals surface area contributed by atoms with Crippen molar-refractivity contribution < 1.29 is 4.79 Å². The molecule has 1 aliphatic rings. The maximum Gasteiger partial charge on any atom is 0.223 e. The Morgan fingerprint density at radius 3 is 2.55 bits per heavy atom. The molecule has 1 fully saturated rings. The van der Waals surface area contributed by atoms with Gasteiger partial charge in [0.15, 0.2) is 0 Å². The van der Waals surface area contributed by atoms with Crippen molar-refractivity contribution in [1.82, 2.24) is 10.2 Å². The smallest absolute Gasteiger partial charge is 0.223 e. The normalized spacial score (nSPS) is 15.5. The van der Waals surface area contributed by atoms with E-state index in [0.717, 1.165) is 31.7 Å². The average Bonchev–Trinajstić information content (AvgIpc) is 2.51. The molecule has 0 unspecified atom stereocenters. The van der Waals surface area contributed by atoms with Crippen LogP contribution in [0.25, 0.3) is 0 Å². The maximum atomic E-state index is 12.2. The van der Waals surface area contributed by atoms with Crippen LogP contribution in [0.1, 0.15) is 30.4 Å². The van der Waals surface area contributed by atoms with Gasteiger partial charge in [-0.2, -0.15) is 0 Å². The molecule has 1 N–H and O–H groups in total. The summed E-state index contributed by atoms with van der Waals surface area (Å²) in [5.41, 5.74) is 2.64. The van der Waals surface area contributed by atoms with Crippen LogP contribution in [0, 0.1) is 13.8 Å². The molecule has 1 heterocycles. The first-order valence-electron chi connectivity index (χ1n) is 7.75. The molecule has 0 radical (unpaired) electrons. The van der Waals surface area contributed by atoms with Gasteiger partial charge in [0.1, 0.15) is 0 Å². The van der Waals surface area contributed by atoms with E-state index < -0.39 is 0 Å². The Morgan fingerprint density at radius 2 is 1.95 bits per heavy atom. The highest BCUT2D eigenvalue weighted by Gasteiger charge is 2.21. The molecule has 0 aromatic heterocycles. The molecule has 5 heteroatoms. The lowest BCUT2D eigenvalue weighted by atomic mass is 10.1. The molecule has 2 rings (SSSR count). The molecule has 124 valence electrons. The van der Waals surface area contributed by atoms with E-state index in [1.165, 1.54) is 16.0 Å². The first kappa shape index (κ1) is 19.3. The van der Waals surface area contributed by atoms with Gasteiger partial charge in [0, 0.05) is 36.2 Å². The van der Waals surface area contributed by atoms with Crippen LogP contribution in [0.5, 0.6) is 0 Å². The van der Waals surface area contributed by atoms with Crippen LogP contribution < -0.4 is 5.32 Å². The van der Waals surface area contributed by atoms with Crippen LogP contribution >= 0.6 is 24.2 Å². The average molecular weight is 343 g/mol. The van der Waals surface area contributed by atoms with Crippen LogP contribution in [0.2, 0.25) is 0 Å². The van der Waals surface area contributed by atoms with E-state index in [2.05, 4.69) is 37.4 Å². The van der Waals surface area contributed by atoms with Crippen LogP contribution in [0.4, 0.5) is 0 Å². The molecular weight excluding hydrogens is 316 g/mol. The van der Waals surface area contributed by atoms with Gasteiger partial charge in [-0.15, -0.1) is 24.2 Å². The number of hydrogen-bond acceptors (Lipinski definition) is 3. The van der Waals surface area contributed by atoms with E-state index in [1.54, 1.807) is 11.8 Å². The quantitative estimate of drug-likeness (QED) is 0.832. The largest absolute Gasteiger partial charge is 0.343 e. The third-order valence-electron chi connectivity index (χ3n) is 4.32. The van der Waals surface area contributed by atoms with Gasteiger partial charge in [0.05, 0.1) is 0 Å². The Labute approximate surface area is 144 Å². The number of aryl methyl sites for hydroxylation is 2. The molecule has 0 bridgehead atoms. The highest BCUT2D eigenvalue weighted by atomic mass is 35.5. The zero-order chi connectivity index (χ0) is 15.2. The number of halogens is 1. The first-order valence-corrected chi connectivity index (χ1v) is 8.74. The molecular formula is C17H27ClN2OS. The Hall–Kier alpha value is -0.710. The van der Waals surface area contributed by atoms with Crippen LogP contribution in [-0.2, 0) is 4.79 Å². The second-order valence-electron chi connectivity index (χ2n) is 5.79. The number of likely N-dealkylation sites (tertiary alicyclic amines) is 1. The molecule has 22 heavy (non-hydrogen) atoms. The molecule has 1 aromatic rings. The molecule has 0 atom stereocenters. The molecule has 0 aliphatic carbocycles. The number of nitrogens with one attached hydrogen (secondary N) is 1. The first-order chi connectivity index (χ1) is 10.1. The van der Waals surface area contributed by atoms with Crippen molar-refractivity contribution >= 4 is 30.1 Å². The number of hydrogen-bond donors (Lipinski definition) is 1. The predicted octanol–water partition coefficient (Wildman–Crippen LogP) is 3.42. The minimum absolute atomic E-state index is 0. The van der Waals surface area contributed by atoms with Crippen molar-refractivity contribution in [2.45, 2.75) is 44.0 Å². The van der Waals surface area contributed by atoms with Gasteiger partial charge in [-0.3, -0.25) is 4.79 Å². The third kappa shape index (κ3) is 5.49. The van der Waals surface area contributed by atoms with Gasteiger partial charge >= 0.3 is 0 Å². The van der Waals surface area contributed by atoms with E-state index in [4.69, 9.17) is 0 Å². The van der Waals surface area contributed by atoms with E-state index in [9.17, 15) is 4.79 Å². The molecule has 3 nitrogen and oxygen atoms in total. The zero-order valence-corrected chi connectivity index (χ0v) is 15.4. The van der Waals surface area contributed by atoms with Gasteiger partial charge < -0.3 is 10.2 Å². The molecule has 1 aromatic carbocycles. The van der Waals surface area contributed by atoms with Crippen LogP contribution in [0.3, 0.4) is 0 Å². The van der Waals surface area contributed by atoms with E-state index in [1.807, 2.05) is 11.9 Å². The standard InChI is InChI=1S/C17H26N2OS.ClH/c1-13-4-5-16(12-14(13)2)21-11-8-17(20)19-9-6-15(18-3)7-10-19;/h4-5,12,15,18H,6-11H2,1-3H3;1H. The lowest BCUT2D eigenvalue weighted by Gasteiger charge is -2.31. The lowest BCUT2D eigenvalue weighted by Crippen LogP contribution is -2.44. The van der Waals surface area contributed by atoms with E-state index >= 15 is 0 Å². The highest BCUT2D eigenvalue weighted by molar-refractivity contribution is 7.99. The summed E-state index contributed by atoms with van der Waals surface area (Å²) in [4.78, 5) is 15.5. The number of thioether (sulfide) groups is 1. The molecule has 1 aliphatic heterocycles. The fourth-order valence-corrected chi connectivity index (χ4v) is 3.57. The monoisotopic (exact) mass is 342 g/mol. The van der Waals surface area contributed by atoms with Crippen molar-refractivity contribution in [2.75, 3.05) is 25.9 Å². The SMILES string of the molecule is CNC1CCN(C(=O)CCSc2ccc(C)c(C)c2)CC1.Cl. The highest BCUT2D eigenvalue weighted by Crippen LogP contribution is 2.22. The Balaban J connectivity index is 0.00000242. The Bertz CT molecular complexity index is 488. The van der Waals surface area contributed by atoms with Crippen molar-refractivity contribution in [3.63, 3.8) is 0 Å². The summed E-state index contributed by atoms with van der Waals surface area (Å²) in [5.74, 6) is 1.17. The fourth-order valence-electron chi connectivity index (χ4n) is 2.64. The Morgan fingerprint density at radius 1 is 1.27 bits per heavy atom. The summed E-state index contributed by atoms with van der Waals surface area (Å²) < 4.78 is 0. The number of rotatable bonds is 5. The topological polar surface area (TPSA) is 32.3 Å². The van der Waals surface area contributed by atoms with Crippen molar-refractivity contribution in [3.8, 4) is 0 Å². The number of piperidine rings is 1. The van der Waals surface area contributed by atoms with Crippen molar-refractivity contribution in [2.24, 2.45) is 0 Å². The summed E-state index contributed by atoms with van der Waals surface area (Å²) in [6.07, 6.45) is 2.79. The summed E-state index contributed by atoms with van der Waals surface area (Å²) in [6, 6.07) is 7.10.